The quantitative estimate of drug-likeness (QED) is 0.576. The Labute approximate surface area is 106 Å². The summed E-state index contributed by atoms with van der Waals surface area (Å²) in [6.45, 7) is 5.82. The highest BCUT2D eigenvalue weighted by Gasteiger charge is 2.20. The van der Waals surface area contributed by atoms with Gasteiger partial charge in [-0.3, -0.25) is 4.79 Å². The van der Waals surface area contributed by atoms with E-state index in [0.717, 1.165) is 18.9 Å². The minimum Gasteiger partial charge on any atom is -0.353 e. The molecule has 1 rings (SSSR count). The van der Waals surface area contributed by atoms with Crippen LogP contribution in [-0.4, -0.2) is 25.0 Å². The minimum absolute atomic E-state index is 0.147. The lowest BCUT2D eigenvalue weighted by Crippen LogP contribution is -2.39. The fraction of sp³-hybridized carbons (Fsp3) is 0.929. The topological polar surface area (TPSA) is 41.1 Å². The first kappa shape index (κ1) is 14.5. The highest BCUT2D eigenvalue weighted by molar-refractivity contribution is 5.78. The predicted molar refractivity (Wildman–Crippen MR) is 72.0 cm³/mol. The Hall–Kier alpha value is -0.570. The Balaban J connectivity index is 1.91. The summed E-state index contributed by atoms with van der Waals surface area (Å²) in [5.74, 6) is 0.989. The van der Waals surface area contributed by atoms with Crippen LogP contribution < -0.4 is 10.6 Å². The Morgan fingerprint density at radius 3 is 2.71 bits per heavy atom. The summed E-state index contributed by atoms with van der Waals surface area (Å²) in [6.07, 6.45) is 8.87. The lowest BCUT2D eigenvalue weighted by atomic mass is 10.1. The van der Waals surface area contributed by atoms with Crippen molar-refractivity contribution in [1.82, 2.24) is 10.6 Å². The smallest absolute Gasteiger partial charge is 0.234 e. The van der Waals surface area contributed by atoms with Crippen LogP contribution in [0.15, 0.2) is 0 Å². The fourth-order valence-corrected chi connectivity index (χ4v) is 1.99. The van der Waals surface area contributed by atoms with Crippen molar-refractivity contribution < 1.29 is 4.79 Å². The number of carbonyl (C=O) groups is 1. The number of nitrogens with one attached hydrogen (secondary N) is 2. The molecule has 17 heavy (non-hydrogen) atoms. The Bertz CT molecular complexity index is 214. The van der Waals surface area contributed by atoms with Gasteiger partial charge in [0.1, 0.15) is 0 Å². The first-order chi connectivity index (χ1) is 8.22. The largest absolute Gasteiger partial charge is 0.353 e. The van der Waals surface area contributed by atoms with Crippen molar-refractivity contribution in [1.29, 1.82) is 0 Å². The van der Waals surface area contributed by atoms with Crippen LogP contribution in [0.3, 0.4) is 0 Å². The monoisotopic (exact) mass is 240 g/mol. The van der Waals surface area contributed by atoms with E-state index in [-0.39, 0.29) is 5.91 Å². The number of amides is 1. The lowest BCUT2D eigenvalue weighted by molar-refractivity contribution is -0.120. The third-order valence-corrected chi connectivity index (χ3v) is 3.31. The van der Waals surface area contributed by atoms with Crippen LogP contribution in [0, 0.1) is 5.92 Å². The molecule has 1 unspecified atom stereocenters. The van der Waals surface area contributed by atoms with Crippen molar-refractivity contribution in [3.63, 3.8) is 0 Å². The van der Waals surface area contributed by atoms with Gasteiger partial charge in [0.15, 0.2) is 0 Å². The Kier molecular flexibility index (Phi) is 7.25. The number of hydrogen-bond donors (Lipinski definition) is 2. The molecular weight excluding hydrogens is 212 g/mol. The molecule has 0 spiro atoms. The molecule has 0 aromatic carbocycles. The second kappa shape index (κ2) is 8.51. The highest BCUT2D eigenvalue weighted by Crippen LogP contribution is 2.27. The Morgan fingerprint density at radius 2 is 2.06 bits per heavy atom. The maximum Gasteiger partial charge on any atom is 0.234 e. The molecular formula is C14H28N2O. The molecule has 3 nitrogen and oxygen atoms in total. The van der Waals surface area contributed by atoms with E-state index in [0.29, 0.717) is 12.6 Å². The van der Waals surface area contributed by atoms with E-state index < -0.39 is 0 Å². The summed E-state index contributed by atoms with van der Waals surface area (Å²) in [5, 5.41) is 6.27. The van der Waals surface area contributed by atoms with Crippen LogP contribution in [0.1, 0.15) is 58.8 Å². The number of rotatable bonds is 10. The molecule has 1 saturated carbocycles. The molecule has 100 valence electrons. The maximum atomic E-state index is 11.6. The van der Waals surface area contributed by atoms with Crippen LogP contribution in [0.2, 0.25) is 0 Å². The standard InChI is InChI=1S/C14H28N2O/c1-3-4-5-6-7-12(2)16-14(17)11-15-10-13-8-9-13/h12-13,15H,3-11H2,1-2H3,(H,16,17). The first-order valence-corrected chi connectivity index (χ1v) is 7.22. The number of carbonyl (C=O) groups excluding carboxylic acids is 1. The second-order valence-corrected chi connectivity index (χ2v) is 5.39. The molecule has 0 saturated heterocycles. The van der Waals surface area contributed by atoms with Crippen molar-refractivity contribution in [3.8, 4) is 0 Å². The number of hydrogen-bond acceptors (Lipinski definition) is 2. The average molecular weight is 240 g/mol. The predicted octanol–water partition coefficient (Wildman–Crippen LogP) is 2.46. The van der Waals surface area contributed by atoms with E-state index in [9.17, 15) is 4.79 Å². The van der Waals surface area contributed by atoms with Gasteiger partial charge in [-0.2, -0.15) is 0 Å². The van der Waals surface area contributed by atoms with Crippen molar-refractivity contribution in [3.05, 3.63) is 0 Å². The summed E-state index contributed by atoms with van der Waals surface area (Å²) < 4.78 is 0. The molecule has 2 N–H and O–H groups in total. The molecule has 0 heterocycles. The van der Waals surface area contributed by atoms with Crippen LogP contribution in [0.4, 0.5) is 0 Å². The zero-order valence-corrected chi connectivity index (χ0v) is 11.4. The van der Waals surface area contributed by atoms with Gasteiger partial charge in [-0.1, -0.05) is 32.6 Å². The van der Waals surface area contributed by atoms with Gasteiger partial charge in [0, 0.05) is 6.04 Å². The minimum atomic E-state index is 0.147. The summed E-state index contributed by atoms with van der Waals surface area (Å²) in [6, 6.07) is 0.321. The molecule has 1 fully saturated rings. The molecule has 1 atom stereocenters. The third kappa shape index (κ3) is 8.19. The van der Waals surface area contributed by atoms with E-state index >= 15 is 0 Å². The number of unbranched alkanes of at least 4 members (excludes halogenated alkanes) is 3. The second-order valence-electron chi connectivity index (χ2n) is 5.39. The third-order valence-electron chi connectivity index (χ3n) is 3.31. The van der Waals surface area contributed by atoms with Crippen molar-refractivity contribution in [2.75, 3.05) is 13.1 Å². The lowest BCUT2D eigenvalue weighted by Gasteiger charge is -2.14. The van der Waals surface area contributed by atoms with Crippen LogP contribution in [-0.2, 0) is 4.79 Å². The fourth-order valence-electron chi connectivity index (χ4n) is 1.99. The van der Waals surface area contributed by atoms with E-state index in [4.69, 9.17) is 0 Å². The SMILES string of the molecule is CCCCCCC(C)NC(=O)CNCC1CC1. The van der Waals surface area contributed by atoms with Crippen molar-refractivity contribution in [2.45, 2.75) is 64.8 Å². The molecule has 0 bridgehead atoms. The summed E-state index contributed by atoms with van der Waals surface area (Å²) in [7, 11) is 0. The Morgan fingerprint density at radius 1 is 1.29 bits per heavy atom. The van der Waals surface area contributed by atoms with Gasteiger partial charge >= 0.3 is 0 Å². The molecule has 1 aliphatic carbocycles. The highest BCUT2D eigenvalue weighted by atomic mass is 16.1. The zero-order valence-electron chi connectivity index (χ0n) is 11.4. The average Bonchev–Trinajstić information content (AvgIpc) is 3.08. The van der Waals surface area contributed by atoms with E-state index in [1.54, 1.807) is 0 Å². The van der Waals surface area contributed by atoms with Crippen LogP contribution in [0.25, 0.3) is 0 Å². The van der Waals surface area contributed by atoms with Gasteiger partial charge in [-0.05, 0) is 38.6 Å². The van der Waals surface area contributed by atoms with Gasteiger partial charge in [-0.25, -0.2) is 0 Å². The summed E-state index contributed by atoms with van der Waals surface area (Å²) in [5.41, 5.74) is 0. The molecule has 1 amide bonds. The van der Waals surface area contributed by atoms with Gasteiger partial charge in [0.2, 0.25) is 5.91 Å². The van der Waals surface area contributed by atoms with Gasteiger partial charge in [0.25, 0.3) is 0 Å². The molecule has 0 aliphatic heterocycles. The first-order valence-electron chi connectivity index (χ1n) is 7.22. The van der Waals surface area contributed by atoms with Crippen LogP contribution >= 0.6 is 0 Å². The molecule has 0 aromatic heterocycles. The maximum absolute atomic E-state index is 11.6. The molecule has 0 aromatic rings. The summed E-state index contributed by atoms with van der Waals surface area (Å²) >= 11 is 0. The zero-order chi connectivity index (χ0) is 12.5. The summed E-state index contributed by atoms with van der Waals surface area (Å²) in [4.78, 5) is 11.6. The normalized spacial score (nSPS) is 16.8. The van der Waals surface area contributed by atoms with Gasteiger partial charge < -0.3 is 10.6 Å². The van der Waals surface area contributed by atoms with Crippen LogP contribution in [0.5, 0.6) is 0 Å². The van der Waals surface area contributed by atoms with E-state index in [1.807, 2.05) is 0 Å². The van der Waals surface area contributed by atoms with E-state index in [2.05, 4.69) is 24.5 Å². The molecule has 3 heteroatoms. The molecule has 1 aliphatic rings. The van der Waals surface area contributed by atoms with Crippen molar-refractivity contribution >= 4 is 5.91 Å². The van der Waals surface area contributed by atoms with Gasteiger partial charge in [-0.15, -0.1) is 0 Å². The van der Waals surface area contributed by atoms with E-state index in [1.165, 1.54) is 38.5 Å². The molecule has 0 radical (unpaired) electrons. The van der Waals surface area contributed by atoms with Gasteiger partial charge in [0.05, 0.1) is 6.54 Å². The van der Waals surface area contributed by atoms with Crippen molar-refractivity contribution in [2.24, 2.45) is 5.92 Å².